The molecule has 2 aliphatic rings. The second kappa shape index (κ2) is 10.4. The molecule has 2 aliphatic heterocycles. The maximum atomic E-state index is 5.36. The van der Waals surface area contributed by atoms with Crippen molar-refractivity contribution >= 4 is 24.8 Å². The second-order valence-corrected chi connectivity index (χ2v) is 4.71. The number of rotatable bonds is 3. The van der Waals surface area contributed by atoms with Gasteiger partial charge >= 0.3 is 0 Å². The molecule has 3 nitrogen and oxygen atoms in total. The Bertz CT molecular complexity index is 170. The first-order chi connectivity index (χ1) is 7.45. The Morgan fingerprint density at radius 2 is 1.12 bits per heavy atom. The van der Waals surface area contributed by atoms with Gasteiger partial charge in [0, 0.05) is 26.2 Å². The number of morpholine rings is 1. The fourth-order valence-corrected chi connectivity index (χ4v) is 2.47. The average Bonchev–Trinajstić information content (AvgIpc) is 2.56. The number of hydrogen-bond donors (Lipinski definition) is 0. The van der Waals surface area contributed by atoms with E-state index in [2.05, 4.69) is 9.80 Å². The number of nitrogens with zero attached hydrogens (tertiary/aromatic N) is 2. The fourth-order valence-electron chi connectivity index (χ4n) is 2.47. The molecule has 0 aliphatic carbocycles. The summed E-state index contributed by atoms with van der Waals surface area (Å²) < 4.78 is 5.36. The number of halogens is 2. The number of ether oxygens (including phenoxy) is 1. The van der Waals surface area contributed by atoms with Crippen LogP contribution < -0.4 is 0 Å². The Hall–Kier alpha value is 0.460. The largest absolute Gasteiger partial charge is 0.379 e. The van der Waals surface area contributed by atoms with Gasteiger partial charge in [0.05, 0.1) is 13.2 Å². The van der Waals surface area contributed by atoms with Crippen LogP contribution in [0.25, 0.3) is 0 Å². The van der Waals surface area contributed by atoms with Crippen LogP contribution in [0, 0.1) is 0 Å². The van der Waals surface area contributed by atoms with Crippen LogP contribution in [0.15, 0.2) is 0 Å². The van der Waals surface area contributed by atoms with Gasteiger partial charge in [-0.15, -0.1) is 24.8 Å². The molecule has 0 saturated carbocycles. The maximum Gasteiger partial charge on any atom is 0.0594 e. The molecule has 0 N–H and O–H groups in total. The standard InChI is InChI=1S/C12H24N2O.2ClH/c1-2-4-6-13(5-3-1)7-8-14-9-11-15-12-10-14;;/h1-12H2;2*1H. The smallest absolute Gasteiger partial charge is 0.0594 e. The Morgan fingerprint density at radius 1 is 0.647 bits per heavy atom. The van der Waals surface area contributed by atoms with Gasteiger partial charge in [0.1, 0.15) is 0 Å². The fraction of sp³-hybridized carbons (Fsp3) is 1.00. The molecule has 2 fully saturated rings. The highest BCUT2D eigenvalue weighted by atomic mass is 35.5. The van der Waals surface area contributed by atoms with Gasteiger partial charge in [-0.25, -0.2) is 0 Å². The van der Waals surface area contributed by atoms with E-state index in [0.717, 1.165) is 26.3 Å². The lowest BCUT2D eigenvalue weighted by Gasteiger charge is -2.29. The predicted molar refractivity (Wildman–Crippen MR) is 76.7 cm³/mol. The molecule has 0 aromatic carbocycles. The van der Waals surface area contributed by atoms with Crippen LogP contribution in [0.5, 0.6) is 0 Å². The van der Waals surface area contributed by atoms with E-state index in [1.54, 1.807) is 0 Å². The summed E-state index contributed by atoms with van der Waals surface area (Å²) in [6, 6.07) is 0. The molecule has 0 spiro atoms. The zero-order valence-electron chi connectivity index (χ0n) is 10.6. The Balaban J connectivity index is 0.00000128. The molecular formula is C12H26Cl2N2O. The first-order valence-corrected chi connectivity index (χ1v) is 6.47. The number of likely N-dealkylation sites (tertiary alicyclic amines) is 1. The lowest BCUT2D eigenvalue weighted by atomic mass is 10.2. The lowest BCUT2D eigenvalue weighted by Crippen LogP contribution is -2.41. The highest BCUT2D eigenvalue weighted by molar-refractivity contribution is 5.85. The van der Waals surface area contributed by atoms with Crippen molar-refractivity contribution in [2.75, 3.05) is 52.5 Å². The summed E-state index contributed by atoms with van der Waals surface area (Å²) in [5.74, 6) is 0. The van der Waals surface area contributed by atoms with Gasteiger partial charge in [0.2, 0.25) is 0 Å². The zero-order chi connectivity index (χ0) is 10.3. The zero-order valence-corrected chi connectivity index (χ0v) is 12.2. The molecule has 104 valence electrons. The van der Waals surface area contributed by atoms with E-state index in [1.807, 2.05) is 0 Å². The van der Waals surface area contributed by atoms with Gasteiger partial charge < -0.3 is 9.64 Å². The third-order valence-electron chi connectivity index (χ3n) is 3.53. The third kappa shape index (κ3) is 6.82. The minimum atomic E-state index is 0. The maximum absolute atomic E-state index is 5.36. The molecule has 17 heavy (non-hydrogen) atoms. The molecule has 5 heteroatoms. The van der Waals surface area contributed by atoms with Gasteiger partial charge in [0.25, 0.3) is 0 Å². The van der Waals surface area contributed by atoms with E-state index in [9.17, 15) is 0 Å². The molecule has 2 rings (SSSR count). The minimum Gasteiger partial charge on any atom is -0.379 e. The first kappa shape index (κ1) is 17.5. The highest BCUT2D eigenvalue weighted by Gasteiger charge is 2.13. The van der Waals surface area contributed by atoms with Crippen molar-refractivity contribution < 1.29 is 4.74 Å². The van der Waals surface area contributed by atoms with Crippen molar-refractivity contribution in [3.8, 4) is 0 Å². The molecule has 0 atom stereocenters. The van der Waals surface area contributed by atoms with E-state index in [0.29, 0.717) is 0 Å². The van der Waals surface area contributed by atoms with Crippen molar-refractivity contribution in [3.63, 3.8) is 0 Å². The molecule has 0 radical (unpaired) electrons. The van der Waals surface area contributed by atoms with Gasteiger partial charge in [-0.2, -0.15) is 0 Å². The van der Waals surface area contributed by atoms with Crippen molar-refractivity contribution in [2.45, 2.75) is 25.7 Å². The topological polar surface area (TPSA) is 15.7 Å². The van der Waals surface area contributed by atoms with Crippen molar-refractivity contribution in [3.05, 3.63) is 0 Å². The van der Waals surface area contributed by atoms with Gasteiger partial charge in [-0.1, -0.05) is 12.8 Å². The van der Waals surface area contributed by atoms with Crippen LogP contribution in [0.1, 0.15) is 25.7 Å². The molecule has 0 unspecified atom stereocenters. The lowest BCUT2D eigenvalue weighted by molar-refractivity contribution is 0.0335. The molecule has 0 aromatic heterocycles. The average molecular weight is 285 g/mol. The quantitative estimate of drug-likeness (QED) is 0.789. The summed E-state index contributed by atoms with van der Waals surface area (Å²) in [7, 11) is 0. The van der Waals surface area contributed by atoms with Crippen LogP contribution in [0.2, 0.25) is 0 Å². The highest BCUT2D eigenvalue weighted by Crippen LogP contribution is 2.09. The van der Waals surface area contributed by atoms with E-state index in [4.69, 9.17) is 4.74 Å². The van der Waals surface area contributed by atoms with Gasteiger partial charge in [-0.05, 0) is 25.9 Å². The Labute approximate surface area is 118 Å². The summed E-state index contributed by atoms with van der Waals surface area (Å²) >= 11 is 0. The van der Waals surface area contributed by atoms with Crippen LogP contribution in [-0.2, 0) is 4.74 Å². The van der Waals surface area contributed by atoms with E-state index in [-0.39, 0.29) is 24.8 Å². The SMILES string of the molecule is C1CCCN(CCN2CCOCC2)CC1.Cl.Cl. The molecule has 0 amide bonds. The van der Waals surface area contributed by atoms with E-state index < -0.39 is 0 Å². The molecular weight excluding hydrogens is 259 g/mol. The van der Waals surface area contributed by atoms with Crippen LogP contribution in [0.4, 0.5) is 0 Å². The van der Waals surface area contributed by atoms with E-state index in [1.165, 1.54) is 51.9 Å². The van der Waals surface area contributed by atoms with Gasteiger partial charge in [0.15, 0.2) is 0 Å². The number of hydrogen-bond acceptors (Lipinski definition) is 3. The monoisotopic (exact) mass is 284 g/mol. The summed E-state index contributed by atoms with van der Waals surface area (Å²) in [5, 5.41) is 0. The van der Waals surface area contributed by atoms with Crippen molar-refractivity contribution in [1.82, 2.24) is 9.80 Å². The Morgan fingerprint density at radius 3 is 1.65 bits per heavy atom. The molecule has 0 bridgehead atoms. The normalized spacial score (nSPS) is 23.3. The van der Waals surface area contributed by atoms with Gasteiger partial charge in [-0.3, -0.25) is 4.90 Å². The van der Waals surface area contributed by atoms with E-state index >= 15 is 0 Å². The first-order valence-electron chi connectivity index (χ1n) is 6.47. The second-order valence-electron chi connectivity index (χ2n) is 4.71. The van der Waals surface area contributed by atoms with Crippen LogP contribution in [-0.4, -0.2) is 62.3 Å². The summed E-state index contributed by atoms with van der Waals surface area (Å²) in [5.41, 5.74) is 0. The molecule has 0 aromatic rings. The summed E-state index contributed by atoms with van der Waals surface area (Å²) in [4.78, 5) is 5.18. The third-order valence-corrected chi connectivity index (χ3v) is 3.53. The van der Waals surface area contributed by atoms with Crippen LogP contribution >= 0.6 is 24.8 Å². The summed E-state index contributed by atoms with van der Waals surface area (Å²) in [6.07, 6.45) is 5.69. The Kier molecular flexibility index (Phi) is 10.7. The molecule has 2 heterocycles. The van der Waals surface area contributed by atoms with Crippen molar-refractivity contribution in [1.29, 1.82) is 0 Å². The minimum absolute atomic E-state index is 0. The van der Waals surface area contributed by atoms with Crippen LogP contribution in [0.3, 0.4) is 0 Å². The predicted octanol–water partition coefficient (Wildman–Crippen LogP) is 2.04. The van der Waals surface area contributed by atoms with Crippen molar-refractivity contribution in [2.24, 2.45) is 0 Å². The molecule has 2 saturated heterocycles. The summed E-state index contributed by atoms with van der Waals surface area (Å²) in [6.45, 7) is 9.28.